The second kappa shape index (κ2) is 9.78. The molecule has 1 aromatic carbocycles. The quantitative estimate of drug-likeness (QED) is 0.480. The fraction of sp³-hybridized carbons (Fsp3) is 0.435. The topological polar surface area (TPSA) is 98.6 Å². The summed E-state index contributed by atoms with van der Waals surface area (Å²) in [7, 11) is 1.64. The van der Waals surface area contributed by atoms with Crippen molar-refractivity contribution < 1.29 is 13.9 Å². The number of carbonyl (C=O) groups excluding carboxylic acids is 1. The van der Waals surface area contributed by atoms with Crippen LogP contribution in [0.25, 0.3) is 0 Å². The molecule has 3 aromatic rings. The van der Waals surface area contributed by atoms with Crippen LogP contribution < -0.4 is 4.74 Å². The molecule has 172 valence electrons. The van der Waals surface area contributed by atoms with E-state index in [0.29, 0.717) is 23.4 Å². The molecule has 1 atom stereocenters. The summed E-state index contributed by atoms with van der Waals surface area (Å²) in [6, 6.07) is 11.4. The normalized spacial score (nSPS) is 19.0. The molecule has 3 heterocycles. The van der Waals surface area contributed by atoms with E-state index in [1.165, 1.54) is 31.0 Å². The van der Waals surface area contributed by atoms with E-state index in [4.69, 9.17) is 14.3 Å². The average Bonchev–Trinajstić information content (AvgIpc) is 3.63. The molecule has 1 fully saturated rings. The van der Waals surface area contributed by atoms with Gasteiger partial charge in [-0.2, -0.15) is 5.10 Å². The Labute approximate surface area is 196 Å². The molecule has 2 aliphatic rings. The van der Waals surface area contributed by atoms with E-state index in [0.717, 1.165) is 29.9 Å². The molecular weight excluding hydrogens is 440 g/mol. The van der Waals surface area contributed by atoms with Gasteiger partial charge in [-0.15, -0.1) is 5.10 Å². The highest BCUT2D eigenvalue weighted by Crippen LogP contribution is 2.35. The second-order valence-corrected chi connectivity index (χ2v) is 9.18. The number of hydrogen-bond donors (Lipinski definition) is 0. The summed E-state index contributed by atoms with van der Waals surface area (Å²) >= 11 is 1.36. The smallest absolute Gasteiger partial charge is 0.253 e. The summed E-state index contributed by atoms with van der Waals surface area (Å²) in [5.41, 5.74) is 1.79. The number of hydrogen-bond acceptors (Lipinski definition) is 8. The number of carbonyl (C=O) groups is 1. The van der Waals surface area contributed by atoms with Crippen molar-refractivity contribution in [2.24, 2.45) is 5.10 Å². The number of furan rings is 1. The molecule has 1 aliphatic heterocycles. The van der Waals surface area contributed by atoms with E-state index >= 15 is 0 Å². The zero-order valence-electron chi connectivity index (χ0n) is 18.5. The van der Waals surface area contributed by atoms with E-state index in [2.05, 4.69) is 15.5 Å². The largest absolute Gasteiger partial charge is 0.497 e. The van der Waals surface area contributed by atoms with Gasteiger partial charge in [-0.1, -0.05) is 31.0 Å². The van der Waals surface area contributed by atoms with Gasteiger partial charge >= 0.3 is 0 Å². The minimum absolute atomic E-state index is 0.108. The van der Waals surface area contributed by atoms with Gasteiger partial charge in [0.15, 0.2) is 0 Å². The summed E-state index contributed by atoms with van der Waals surface area (Å²) < 4.78 is 12.8. The van der Waals surface area contributed by atoms with Gasteiger partial charge in [-0.3, -0.25) is 4.79 Å². The number of aromatic nitrogens is 4. The molecule has 0 radical (unpaired) electrons. The molecule has 1 amide bonds. The highest BCUT2D eigenvalue weighted by Gasteiger charge is 2.35. The number of ether oxygens (including phenoxy) is 1. The van der Waals surface area contributed by atoms with E-state index in [9.17, 15) is 4.79 Å². The molecule has 1 aliphatic carbocycles. The first-order valence-corrected chi connectivity index (χ1v) is 12.2. The molecule has 0 N–H and O–H groups in total. The van der Waals surface area contributed by atoms with Crippen molar-refractivity contribution in [3.05, 3.63) is 54.0 Å². The van der Waals surface area contributed by atoms with Crippen molar-refractivity contribution >= 4 is 23.4 Å². The van der Waals surface area contributed by atoms with Gasteiger partial charge in [-0.05, 0) is 65.2 Å². The lowest BCUT2D eigenvalue weighted by Crippen LogP contribution is -2.28. The Morgan fingerprint density at radius 2 is 2.00 bits per heavy atom. The third kappa shape index (κ3) is 4.66. The highest BCUT2D eigenvalue weighted by molar-refractivity contribution is 7.99. The van der Waals surface area contributed by atoms with Crippen LogP contribution in [-0.2, 0) is 4.79 Å². The number of hydrazone groups is 1. The summed E-state index contributed by atoms with van der Waals surface area (Å²) in [5, 5.41) is 19.1. The lowest BCUT2D eigenvalue weighted by Gasteiger charge is -2.22. The van der Waals surface area contributed by atoms with Crippen LogP contribution in [0.15, 0.2) is 57.3 Å². The van der Waals surface area contributed by atoms with Crippen LogP contribution in [0.1, 0.15) is 61.9 Å². The fourth-order valence-corrected chi connectivity index (χ4v) is 5.23. The summed E-state index contributed by atoms with van der Waals surface area (Å²) in [5.74, 6) is 1.58. The number of amides is 1. The number of rotatable bonds is 7. The van der Waals surface area contributed by atoms with E-state index < -0.39 is 0 Å². The SMILES string of the molecule is COc1ccc(C2=NN(C(=O)CSc3nnnn3C3CCCCC3)[C@H](c3ccco3)C2)cc1. The average molecular weight is 467 g/mol. The Morgan fingerprint density at radius 3 is 2.73 bits per heavy atom. The number of tetrazole rings is 1. The molecule has 33 heavy (non-hydrogen) atoms. The fourth-order valence-electron chi connectivity index (χ4n) is 4.43. The van der Waals surface area contributed by atoms with Gasteiger partial charge in [0.2, 0.25) is 5.16 Å². The molecule has 0 spiro atoms. The van der Waals surface area contributed by atoms with Gasteiger partial charge in [0, 0.05) is 6.42 Å². The third-order valence-electron chi connectivity index (χ3n) is 6.17. The van der Waals surface area contributed by atoms with Gasteiger partial charge < -0.3 is 9.15 Å². The standard InChI is InChI=1S/C23H26N6O3S/c1-31-18-11-9-16(10-12-18)19-14-20(21-8-5-13-32-21)29(25-19)22(30)15-33-23-24-26-27-28(23)17-6-3-2-4-7-17/h5,8-13,17,20H,2-4,6-7,14-15H2,1H3/t20-/m0/s1. The molecule has 0 bridgehead atoms. The van der Waals surface area contributed by atoms with E-state index in [1.54, 1.807) is 18.4 Å². The van der Waals surface area contributed by atoms with Crippen molar-refractivity contribution in [1.82, 2.24) is 25.2 Å². The molecule has 0 saturated heterocycles. The molecule has 5 rings (SSSR count). The summed E-state index contributed by atoms with van der Waals surface area (Å²) in [6.45, 7) is 0. The van der Waals surface area contributed by atoms with Crippen molar-refractivity contribution in [2.45, 2.75) is 55.8 Å². The predicted molar refractivity (Wildman–Crippen MR) is 123 cm³/mol. The maximum Gasteiger partial charge on any atom is 0.253 e. The Balaban J connectivity index is 1.32. The van der Waals surface area contributed by atoms with Crippen molar-refractivity contribution in [3.63, 3.8) is 0 Å². The van der Waals surface area contributed by atoms with E-state index in [-0.39, 0.29) is 17.7 Å². The second-order valence-electron chi connectivity index (χ2n) is 8.24. The number of nitrogens with zero attached hydrogens (tertiary/aromatic N) is 6. The van der Waals surface area contributed by atoms with Gasteiger partial charge in [0.25, 0.3) is 5.91 Å². The Kier molecular flexibility index (Phi) is 6.43. The summed E-state index contributed by atoms with van der Waals surface area (Å²) in [4.78, 5) is 13.3. The Hall–Kier alpha value is -3.14. The lowest BCUT2D eigenvalue weighted by molar-refractivity contribution is -0.130. The first kappa shape index (κ1) is 21.7. The number of thioether (sulfide) groups is 1. The molecule has 1 saturated carbocycles. The van der Waals surface area contributed by atoms with Crippen LogP contribution in [0.3, 0.4) is 0 Å². The minimum Gasteiger partial charge on any atom is -0.497 e. The Morgan fingerprint density at radius 1 is 1.18 bits per heavy atom. The van der Waals surface area contributed by atoms with Gasteiger partial charge in [0.1, 0.15) is 17.6 Å². The van der Waals surface area contributed by atoms with Crippen LogP contribution in [0.4, 0.5) is 0 Å². The van der Waals surface area contributed by atoms with Crippen molar-refractivity contribution in [2.75, 3.05) is 12.9 Å². The third-order valence-corrected chi connectivity index (χ3v) is 7.09. The molecule has 10 heteroatoms. The van der Waals surface area contributed by atoms with Crippen LogP contribution in [-0.4, -0.2) is 49.7 Å². The molecule has 0 unspecified atom stereocenters. The molecule has 2 aromatic heterocycles. The zero-order chi connectivity index (χ0) is 22.6. The van der Waals surface area contributed by atoms with Crippen molar-refractivity contribution in [1.29, 1.82) is 0 Å². The Bertz CT molecular complexity index is 1110. The monoisotopic (exact) mass is 466 g/mol. The lowest BCUT2D eigenvalue weighted by atomic mass is 9.96. The first-order chi connectivity index (χ1) is 16.2. The van der Waals surface area contributed by atoms with Crippen LogP contribution in [0.5, 0.6) is 5.75 Å². The maximum atomic E-state index is 13.3. The van der Waals surface area contributed by atoms with Crippen LogP contribution >= 0.6 is 11.8 Å². The number of benzene rings is 1. The van der Waals surface area contributed by atoms with Crippen molar-refractivity contribution in [3.8, 4) is 5.75 Å². The van der Waals surface area contributed by atoms with Gasteiger partial charge in [-0.25, -0.2) is 9.69 Å². The van der Waals surface area contributed by atoms with Crippen LogP contribution in [0.2, 0.25) is 0 Å². The van der Waals surface area contributed by atoms with Gasteiger partial charge in [0.05, 0.1) is 30.9 Å². The highest BCUT2D eigenvalue weighted by atomic mass is 32.2. The van der Waals surface area contributed by atoms with E-state index in [1.807, 2.05) is 41.1 Å². The molecule has 9 nitrogen and oxygen atoms in total. The molecular formula is C23H26N6O3S. The maximum absolute atomic E-state index is 13.3. The van der Waals surface area contributed by atoms with Crippen LogP contribution in [0, 0.1) is 0 Å². The summed E-state index contributed by atoms with van der Waals surface area (Å²) in [6.07, 6.45) is 8.00. The first-order valence-electron chi connectivity index (χ1n) is 11.2. The number of methoxy groups -OCH3 is 1. The zero-order valence-corrected chi connectivity index (χ0v) is 19.3. The predicted octanol–water partition coefficient (Wildman–Crippen LogP) is 4.25. The minimum atomic E-state index is -0.278.